The topological polar surface area (TPSA) is 42.0 Å². The molecule has 0 bridgehead atoms. The number of nitrogens with one attached hydrogen (secondary N) is 1. The van der Waals surface area contributed by atoms with Gasteiger partial charge in [-0.15, -0.1) is 11.3 Å². The summed E-state index contributed by atoms with van der Waals surface area (Å²) in [4.78, 5) is 16.8. The highest BCUT2D eigenvalue weighted by Gasteiger charge is 2.13. The van der Waals surface area contributed by atoms with Crippen molar-refractivity contribution in [2.45, 2.75) is 13.8 Å². The third-order valence-corrected chi connectivity index (χ3v) is 3.50. The van der Waals surface area contributed by atoms with Gasteiger partial charge in [0.05, 0.1) is 10.7 Å². The van der Waals surface area contributed by atoms with Gasteiger partial charge >= 0.3 is 0 Å². The van der Waals surface area contributed by atoms with Gasteiger partial charge < -0.3 is 5.32 Å². The second-order valence-electron chi connectivity index (χ2n) is 3.61. The zero-order valence-electron chi connectivity index (χ0n) is 9.45. The predicted molar refractivity (Wildman–Crippen MR) is 71.0 cm³/mol. The number of aromatic nitrogens is 1. The number of rotatable bonds is 2. The van der Waals surface area contributed by atoms with Crippen LogP contribution in [-0.4, -0.2) is 10.9 Å². The summed E-state index contributed by atoms with van der Waals surface area (Å²) < 4.78 is 0. The second-order valence-corrected chi connectivity index (χ2v) is 5.25. The molecule has 0 aliphatic rings. The first-order chi connectivity index (χ1) is 8.06. The van der Waals surface area contributed by atoms with Gasteiger partial charge in [0.2, 0.25) is 0 Å². The van der Waals surface area contributed by atoms with E-state index in [9.17, 15) is 4.79 Å². The third-order valence-electron chi connectivity index (χ3n) is 2.19. The van der Waals surface area contributed by atoms with Crippen molar-refractivity contribution in [3.05, 3.63) is 44.9 Å². The number of hydrogen-bond acceptors (Lipinski definition) is 3. The lowest BCUT2D eigenvalue weighted by Gasteiger charge is -2.03. The highest BCUT2D eigenvalue weighted by Crippen LogP contribution is 2.20. The van der Waals surface area contributed by atoms with Gasteiger partial charge in [0, 0.05) is 10.7 Å². The Morgan fingerprint density at radius 2 is 2.18 bits per heavy atom. The smallest absolute Gasteiger partial charge is 0.267 e. The zero-order valence-corrected chi connectivity index (χ0v) is 11.0. The molecule has 0 unspecified atom stereocenters. The van der Waals surface area contributed by atoms with Crippen molar-refractivity contribution in [3.8, 4) is 0 Å². The van der Waals surface area contributed by atoms with E-state index in [-0.39, 0.29) is 5.91 Å². The first-order valence-electron chi connectivity index (χ1n) is 5.07. The van der Waals surface area contributed by atoms with Crippen molar-refractivity contribution in [3.63, 3.8) is 0 Å². The van der Waals surface area contributed by atoms with E-state index in [1.807, 2.05) is 13.8 Å². The van der Waals surface area contributed by atoms with E-state index in [4.69, 9.17) is 11.6 Å². The standard InChI is InChI=1S/C12H11ClN2OS/c1-7-11(17-8(2)14-7)12(16)15-10-5-3-4-9(13)6-10/h3-6H,1-2H3,(H,15,16). The summed E-state index contributed by atoms with van der Waals surface area (Å²) in [6, 6.07) is 7.07. The highest BCUT2D eigenvalue weighted by atomic mass is 35.5. The fourth-order valence-corrected chi connectivity index (χ4v) is 2.50. The van der Waals surface area contributed by atoms with Gasteiger partial charge in [0.1, 0.15) is 4.88 Å². The van der Waals surface area contributed by atoms with E-state index in [0.29, 0.717) is 15.6 Å². The number of carbonyl (C=O) groups is 1. The number of amides is 1. The summed E-state index contributed by atoms with van der Waals surface area (Å²) in [6.45, 7) is 3.71. The first-order valence-corrected chi connectivity index (χ1v) is 6.26. The second kappa shape index (κ2) is 4.85. The number of carbonyl (C=O) groups excluding carboxylic acids is 1. The molecule has 88 valence electrons. The molecule has 0 fully saturated rings. The molecule has 0 aliphatic carbocycles. The Labute approximate surface area is 108 Å². The Hall–Kier alpha value is -1.39. The van der Waals surface area contributed by atoms with Crippen LogP contribution in [0.2, 0.25) is 5.02 Å². The largest absolute Gasteiger partial charge is 0.321 e. The molecule has 5 heteroatoms. The maximum Gasteiger partial charge on any atom is 0.267 e. The summed E-state index contributed by atoms with van der Waals surface area (Å²) in [5, 5.41) is 4.29. The number of thiazole rings is 1. The van der Waals surface area contributed by atoms with E-state index in [1.165, 1.54) is 11.3 Å². The van der Waals surface area contributed by atoms with Crippen molar-refractivity contribution in [1.29, 1.82) is 0 Å². The molecular weight excluding hydrogens is 256 g/mol. The van der Waals surface area contributed by atoms with Crippen LogP contribution in [0.5, 0.6) is 0 Å². The minimum absolute atomic E-state index is 0.143. The fourth-order valence-electron chi connectivity index (χ4n) is 1.50. The van der Waals surface area contributed by atoms with Gasteiger partial charge in [-0.1, -0.05) is 17.7 Å². The molecule has 0 spiro atoms. The Morgan fingerprint density at radius 3 is 2.76 bits per heavy atom. The summed E-state index contributed by atoms with van der Waals surface area (Å²) in [5.41, 5.74) is 1.44. The molecule has 2 aromatic rings. The van der Waals surface area contributed by atoms with Crippen molar-refractivity contribution < 1.29 is 4.79 Å². The molecule has 0 atom stereocenters. The van der Waals surface area contributed by atoms with Gasteiger partial charge in [-0.3, -0.25) is 4.79 Å². The van der Waals surface area contributed by atoms with Crippen LogP contribution in [0.1, 0.15) is 20.4 Å². The van der Waals surface area contributed by atoms with Crippen LogP contribution < -0.4 is 5.32 Å². The Bertz CT molecular complexity index is 565. The number of anilines is 1. The minimum atomic E-state index is -0.143. The van der Waals surface area contributed by atoms with Crippen molar-refractivity contribution in [1.82, 2.24) is 4.98 Å². The van der Waals surface area contributed by atoms with Crippen LogP contribution in [-0.2, 0) is 0 Å². The molecule has 1 aromatic carbocycles. The molecule has 3 nitrogen and oxygen atoms in total. The fraction of sp³-hybridized carbons (Fsp3) is 0.167. The zero-order chi connectivity index (χ0) is 12.4. The maximum atomic E-state index is 12.0. The molecule has 0 saturated carbocycles. The Balaban J connectivity index is 2.20. The van der Waals surface area contributed by atoms with Crippen LogP contribution in [0.25, 0.3) is 0 Å². The lowest BCUT2D eigenvalue weighted by molar-refractivity contribution is 0.103. The lowest BCUT2D eigenvalue weighted by Crippen LogP contribution is -2.11. The number of aryl methyl sites for hydroxylation is 2. The molecule has 0 radical (unpaired) electrons. The van der Waals surface area contributed by atoms with E-state index in [0.717, 1.165) is 10.7 Å². The quantitative estimate of drug-likeness (QED) is 0.901. The summed E-state index contributed by atoms with van der Waals surface area (Å²) in [6.07, 6.45) is 0. The van der Waals surface area contributed by atoms with Gasteiger partial charge in [0.15, 0.2) is 0 Å². The van der Waals surface area contributed by atoms with Crippen LogP contribution in [0, 0.1) is 13.8 Å². The normalized spacial score (nSPS) is 10.3. The number of nitrogens with zero attached hydrogens (tertiary/aromatic N) is 1. The average Bonchev–Trinajstić information content (AvgIpc) is 2.58. The molecule has 17 heavy (non-hydrogen) atoms. The summed E-state index contributed by atoms with van der Waals surface area (Å²) >= 11 is 7.24. The lowest BCUT2D eigenvalue weighted by atomic mass is 10.3. The highest BCUT2D eigenvalue weighted by molar-refractivity contribution is 7.13. The van der Waals surface area contributed by atoms with Crippen LogP contribution >= 0.6 is 22.9 Å². The summed E-state index contributed by atoms with van der Waals surface area (Å²) in [5.74, 6) is -0.143. The first kappa shape index (κ1) is 12.1. The van der Waals surface area contributed by atoms with Crippen molar-refractivity contribution in [2.24, 2.45) is 0 Å². The van der Waals surface area contributed by atoms with E-state index in [1.54, 1.807) is 24.3 Å². The molecule has 1 amide bonds. The molecule has 2 rings (SSSR count). The van der Waals surface area contributed by atoms with Gasteiger partial charge in [0.25, 0.3) is 5.91 Å². The Morgan fingerprint density at radius 1 is 1.41 bits per heavy atom. The van der Waals surface area contributed by atoms with E-state index >= 15 is 0 Å². The van der Waals surface area contributed by atoms with Gasteiger partial charge in [-0.2, -0.15) is 0 Å². The third kappa shape index (κ3) is 2.84. The molecule has 1 heterocycles. The number of benzene rings is 1. The van der Waals surface area contributed by atoms with Gasteiger partial charge in [-0.25, -0.2) is 4.98 Å². The SMILES string of the molecule is Cc1nc(C)c(C(=O)Nc2cccc(Cl)c2)s1. The van der Waals surface area contributed by atoms with Crippen LogP contribution in [0.15, 0.2) is 24.3 Å². The monoisotopic (exact) mass is 266 g/mol. The maximum absolute atomic E-state index is 12.0. The average molecular weight is 267 g/mol. The van der Waals surface area contributed by atoms with Crippen LogP contribution in [0.4, 0.5) is 5.69 Å². The van der Waals surface area contributed by atoms with Crippen molar-refractivity contribution in [2.75, 3.05) is 5.32 Å². The molecule has 0 saturated heterocycles. The molecule has 0 aliphatic heterocycles. The van der Waals surface area contributed by atoms with Crippen LogP contribution in [0.3, 0.4) is 0 Å². The molecule has 1 aromatic heterocycles. The number of halogens is 1. The molecular formula is C12H11ClN2OS. The van der Waals surface area contributed by atoms with E-state index < -0.39 is 0 Å². The van der Waals surface area contributed by atoms with Crippen molar-refractivity contribution >= 4 is 34.5 Å². The number of hydrogen-bond donors (Lipinski definition) is 1. The summed E-state index contributed by atoms with van der Waals surface area (Å²) in [7, 11) is 0. The van der Waals surface area contributed by atoms with E-state index in [2.05, 4.69) is 10.3 Å². The molecule has 1 N–H and O–H groups in total. The predicted octanol–water partition coefficient (Wildman–Crippen LogP) is 3.67. The Kier molecular flexibility index (Phi) is 3.45. The van der Waals surface area contributed by atoms with Gasteiger partial charge in [-0.05, 0) is 32.0 Å². The minimum Gasteiger partial charge on any atom is -0.321 e.